The Labute approximate surface area is 102 Å². The maximum absolute atomic E-state index is 11.6. The van der Waals surface area contributed by atoms with Crippen LogP contribution in [0, 0.1) is 0 Å². The van der Waals surface area contributed by atoms with Gasteiger partial charge in [0.15, 0.2) is 11.0 Å². The molecule has 1 aliphatic rings. The fraction of sp³-hybridized carbons (Fsp3) is 0.667. The lowest BCUT2D eigenvalue weighted by atomic mass is 10.3. The summed E-state index contributed by atoms with van der Waals surface area (Å²) in [7, 11) is 0. The van der Waals surface area contributed by atoms with E-state index in [2.05, 4.69) is 15.4 Å². The van der Waals surface area contributed by atoms with Crippen LogP contribution in [0.1, 0.15) is 32.2 Å². The Morgan fingerprint density at radius 3 is 3.06 bits per heavy atom. The molecule has 0 saturated heterocycles. The maximum Gasteiger partial charge on any atom is 0.344 e. The maximum atomic E-state index is 11.6. The fourth-order valence-electron chi connectivity index (χ4n) is 1.57. The van der Waals surface area contributed by atoms with Crippen molar-refractivity contribution in [3.63, 3.8) is 0 Å². The third-order valence-corrected chi connectivity index (χ3v) is 4.01. The molecule has 0 amide bonds. The molecule has 1 atom stereocenters. The molecule has 1 unspecified atom stereocenters. The van der Waals surface area contributed by atoms with Crippen molar-refractivity contribution < 1.29 is 5.21 Å². The molecular formula is C9H15N5O2S. The summed E-state index contributed by atoms with van der Waals surface area (Å²) in [5.41, 5.74) is 5.39. The number of rotatable bonds is 5. The summed E-state index contributed by atoms with van der Waals surface area (Å²) in [6.07, 6.45) is 2.72. The van der Waals surface area contributed by atoms with Crippen LogP contribution in [0.25, 0.3) is 0 Å². The van der Waals surface area contributed by atoms with E-state index in [1.807, 2.05) is 6.92 Å². The molecule has 0 aliphatic heterocycles. The molecule has 94 valence electrons. The van der Waals surface area contributed by atoms with Crippen molar-refractivity contribution in [2.45, 2.75) is 42.6 Å². The van der Waals surface area contributed by atoms with Gasteiger partial charge >= 0.3 is 5.69 Å². The van der Waals surface area contributed by atoms with E-state index in [0.717, 1.165) is 12.8 Å². The average molecular weight is 257 g/mol. The van der Waals surface area contributed by atoms with Crippen molar-refractivity contribution in [3.05, 3.63) is 10.5 Å². The lowest BCUT2D eigenvalue weighted by Gasteiger charge is -2.12. The summed E-state index contributed by atoms with van der Waals surface area (Å²) < 4.78 is 1.65. The van der Waals surface area contributed by atoms with Crippen LogP contribution in [0.2, 0.25) is 0 Å². The van der Waals surface area contributed by atoms with Crippen LogP contribution in [0.5, 0.6) is 0 Å². The number of nitrogens with zero attached hydrogens (tertiary/aromatic N) is 3. The molecule has 8 heteroatoms. The number of thioether (sulfide) groups is 1. The molecule has 17 heavy (non-hydrogen) atoms. The van der Waals surface area contributed by atoms with Crippen LogP contribution >= 0.6 is 11.8 Å². The highest BCUT2D eigenvalue weighted by molar-refractivity contribution is 8.00. The summed E-state index contributed by atoms with van der Waals surface area (Å²) in [5, 5.41) is 18.5. The standard InChI is InChI=1S/C9H15N5O2S/c1-2-6(7(10)13-16)17-9-12-11-8(15)14(9)5-3-4-5/h5-6,16H,2-4H2,1H3,(H2,10,13)(H,11,15). The number of amidine groups is 1. The Hall–Kier alpha value is -1.44. The minimum atomic E-state index is -0.190. The highest BCUT2D eigenvalue weighted by atomic mass is 32.2. The van der Waals surface area contributed by atoms with Gasteiger partial charge < -0.3 is 10.9 Å². The first-order valence-corrected chi connectivity index (χ1v) is 6.36. The van der Waals surface area contributed by atoms with Crippen molar-refractivity contribution in [1.82, 2.24) is 14.8 Å². The second-order valence-electron chi connectivity index (χ2n) is 3.95. The van der Waals surface area contributed by atoms with Crippen LogP contribution < -0.4 is 11.4 Å². The van der Waals surface area contributed by atoms with Crippen LogP contribution in [-0.4, -0.2) is 31.1 Å². The number of nitrogens with two attached hydrogens (primary N) is 1. The lowest BCUT2D eigenvalue weighted by Crippen LogP contribution is -2.26. The largest absolute Gasteiger partial charge is 0.409 e. The Balaban J connectivity index is 2.20. The van der Waals surface area contributed by atoms with Crippen molar-refractivity contribution in [2.75, 3.05) is 0 Å². The van der Waals surface area contributed by atoms with Crippen molar-refractivity contribution in [3.8, 4) is 0 Å². The van der Waals surface area contributed by atoms with Crippen LogP contribution in [0.3, 0.4) is 0 Å². The average Bonchev–Trinajstić information content (AvgIpc) is 3.10. The van der Waals surface area contributed by atoms with Gasteiger partial charge in [-0.1, -0.05) is 23.8 Å². The molecule has 0 aromatic carbocycles. The highest BCUT2D eigenvalue weighted by Crippen LogP contribution is 2.37. The van der Waals surface area contributed by atoms with Crippen LogP contribution in [0.15, 0.2) is 15.1 Å². The number of hydrogen-bond acceptors (Lipinski definition) is 5. The summed E-state index contributed by atoms with van der Waals surface area (Å²) in [6.45, 7) is 1.93. The van der Waals surface area contributed by atoms with Gasteiger partial charge in [-0.25, -0.2) is 9.89 Å². The molecular weight excluding hydrogens is 242 g/mol. The van der Waals surface area contributed by atoms with Gasteiger partial charge in [0, 0.05) is 6.04 Å². The summed E-state index contributed by atoms with van der Waals surface area (Å²) in [5.74, 6) is 0.148. The zero-order valence-corrected chi connectivity index (χ0v) is 10.3. The van der Waals surface area contributed by atoms with Gasteiger partial charge in [-0.3, -0.25) is 4.57 Å². The Bertz CT molecular complexity index is 476. The quantitative estimate of drug-likeness (QED) is 0.234. The molecule has 7 nitrogen and oxygen atoms in total. The van der Waals surface area contributed by atoms with E-state index in [9.17, 15) is 4.79 Å². The second-order valence-corrected chi connectivity index (χ2v) is 5.12. The number of hydrogen-bond donors (Lipinski definition) is 3. The van der Waals surface area contributed by atoms with Gasteiger partial charge in [0.2, 0.25) is 0 Å². The van der Waals surface area contributed by atoms with Gasteiger partial charge in [-0.05, 0) is 19.3 Å². The molecule has 1 aromatic rings. The number of nitrogens with one attached hydrogen (secondary N) is 1. The van der Waals surface area contributed by atoms with E-state index in [-0.39, 0.29) is 22.8 Å². The third-order valence-electron chi connectivity index (χ3n) is 2.65. The Morgan fingerprint density at radius 1 is 1.82 bits per heavy atom. The number of aromatic amines is 1. The monoisotopic (exact) mass is 257 g/mol. The zero-order valence-electron chi connectivity index (χ0n) is 9.46. The molecule has 1 fully saturated rings. The van der Waals surface area contributed by atoms with Gasteiger partial charge in [0.25, 0.3) is 0 Å². The number of oxime groups is 1. The third kappa shape index (κ3) is 2.46. The van der Waals surface area contributed by atoms with E-state index < -0.39 is 0 Å². The van der Waals surface area contributed by atoms with Crippen LogP contribution in [0.4, 0.5) is 0 Å². The first kappa shape index (κ1) is 12.0. The normalized spacial score (nSPS) is 18.3. The molecule has 0 radical (unpaired) electrons. The zero-order chi connectivity index (χ0) is 12.4. The molecule has 1 heterocycles. The van der Waals surface area contributed by atoms with Crippen molar-refractivity contribution in [1.29, 1.82) is 0 Å². The minimum absolute atomic E-state index is 0.148. The first-order chi connectivity index (χ1) is 8.17. The molecule has 0 spiro atoms. The molecule has 4 N–H and O–H groups in total. The smallest absolute Gasteiger partial charge is 0.344 e. The van der Waals surface area contributed by atoms with Crippen molar-refractivity contribution in [2.24, 2.45) is 10.9 Å². The minimum Gasteiger partial charge on any atom is -0.409 e. The lowest BCUT2D eigenvalue weighted by molar-refractivity contribution is 0.317. The number of H-pyrrole nitrogens is 1. The predicted octanol–water partition coefficient (Wildman–Crippen LogP) is 0.523. The van der Waals surface area contributed by atoms with Crippen molar-refractivity contribution >= 4 is 17.6 Å². The molecule has 1 saturated carbocycles. The predicted molar refractivity (Wildman–Crippen MR) is 64.5 cm³/mol. The molecule has 2 rings (SSSR count). The van der Waals surface area contributed by atoms with E-state index in [1.54, 1.807) is 4.57 Å². The topological polar surface area (TPSA) is 109 Å². The van der Waals surface area contributed by atoms with E-state index in [0.29, 0.717) is 11.6 Å². The summed E-state index contributed by atoms with van der Waals surface area (Å²) in [4.78, 5) is 11.6. The van der Waals surface area contributed by atoms with E-state index in [4.69, 9.17) is 10.9 Å². The number of aromatic nitrogens is 3. The Kier molecular flexibility index (Phi) is 3.41. The Morgan fingerprint density at radius 2 is 2.53 bits per heavy atom. The van der Waals surface area contributed by atoms with Crippen LogP contribution in [-0.2, 0) is 0 Å². The summed E-state index contributed by atoms with van der Waals surface area (Å²) >= 11 is 1.34. The molecule has 1 aromatic heterocycles. The fourth-order valence-corrected chi connectivity index (χ4v) is 2.61. The highest BCUT2D eigenvalue weighted by Gasteiger charge is 2.30. The van der Waals surface area contributed by atoms with Gasteiger partial charge in [-0.2, -0.15) is 0 Å². The van der Waals surface area contributed by atoms with E-state index >= 15 is 0 Å². The SMILES string of the molecule is CCC(Sc1n[nH]c(=O)n1C1CC1)C(N)=NO. The molecule has 0 bridgehead atoms. The van der Waals surface area contributed by atoms with Gasteiger partial charge in [0.05, 0.1) is 5.25 Å². The van der Waals surface area contributed by atoms with Gasteiger partial charge in [-0.15, -0.1) is 5.10 Å². The van der Waals surface area contributed by atoms with E-state index in [1.165, 1.54) is 11.8 Å². The second kappa shape index (κ2) is 4.82. The molecule has 1 aliphatic carbocycles. The summed E-state index contributed by atoms with van der Waals surface area (Å²) in [6, 6.07) is 0.258. The van der Waals surface area contributed by atoms with Gasteiger partial charge in [0.1, 0.15) is 0 Å². The first-order valence-electron chi connectivity index (χ1n) is 5.48.